The molecule has 0 amide bonds. The molecule has 20 heavy (non-hydrogen) atoms. The van der Waals surface area contributed by atoms with Gasteiger partial charge < -0.3 is 9.63 Å². The first kappa shape index (κ1) is 12.7. The van der Waals surface area contributed by atoms with E-state index in [-0.39, 0.29) is 5.75 Å². The van der Waals surface area contributed by atoms with Gasteiger partial charge in [0.05, 0.1) is 0 Å². The zero-order chi connectivity index (χ0) is 14.1. The first-order valence-electron chi connectivity index (χ1n) is 6.03. The van der Waals surface area contributed by atoms with Crippen molar-refractivity contribution in [3.8, 4) is 28.6 Å². The van der Waals surface area contributed by atoms with Gasteiger partial charge in [0.1, 0.15) is 5.75 Å². The van der Waals surface area contributed by atoms with Gasteiger partial charge in [0, 0.05) is 16.1 Å². The van der Waals surface area contributed by atoms with E-state index in [9.17, 15) is 5.11 Å². The minimum Gasteiger partial charge on any atom is -0.508 e. The topological polar surface area (TPSA) is 59.2 Å². The number of aryl methyl sites for hydroxylation is 1. The number of nitrogens with zero attached hydrogens (tertiary/aromatic N) is 2. The predicted molar refractivity (Wildman–Crippen MR) is 76.6 cm³/mol. The Morgan fingerprint density at radius 1 is 1.05 bits per heavy atom. The molecule has 100 valence electrons. The SMILES string of the molecule is Cc1ccc(-c2nc(-c3ccc(Cl)cc3)no2)cc1O. The van der Waals surface area contributed by atoms with Gasteiger partial charge in [0.25, 0.3) is 5.89 Å². The highest BCUT2D eigenvalue weighted by molar-refractivity contribution is 6.30. The van der Waals surface area contributed by atoms with Crippen LogP contribution in [0.4, 0.5) is 0 Å². The van der Waals surface area contributed by atoms with Crippen molar-refractivity contribution >= 4 is 11.6 Å². The summed E-state index contributed by atoms with van der Waals surface area (Å²) in [6.45, 7) is 1.83. The molecule has 0 unspecified atom stereocenters. The summed E-state index contributed by atoms with van der Waals surface area (Å²) in [5, 5.41) is 14.3. The number of aromatic hydroxyl groups is 1. The maximum Gasteiger partial charge on any atom is 0.258 e. The summed E-state index contributed by atoms with van der Waals surface area (Å²) in [5.41, 5.74) is 2.30. The van der Waals surface area contributed by atoms with Crippen molar-refractivity contribution in [1.29, 1.82) is 0 Å². The van der Waals surface area contributed by atoms with Gasteiger partial charge in [-0.3, -0.25) is 0 Å². The summed E-state index contributed by atoms with van der Waals surface area (Å²) in [6.07, 6.45) is 0. The molecule has 1 aromatic heterocycles. The Morgan fingerprint density at radius 2 is 1.75 bits per heavy atom. The maximum atomic E-state index is 9.71. The molecule has 1 heterocycles. The molecule has 0 spiro atoms. The van der Waals surface area contributed by atoms with Crippen LogP contribution in [0.15, 0.2) is 47.0 Å². The number of hydrogen-bond donors (Lipinski definition) is 1. The van der Waals surface area contributed by atoms with Gasteiger partial charge in [0.2, 0.25) is 5.82 Å². The van der Waals surface area contributed by atoms with Crippen molar-refractivity contribution in [2.24, 2.45) is 0 Å². The lowest BCUT2D eigenvalue weighted by atomic mass is 10.1. The molecule has 0 fully saturated rings. The van der Waals surface area contributed by atoms with E-state index >= 15 is 0 Å². The van der Waals surface area contributed by atoms with Crippen molar-refractivity contribution in [1.82, 2.24) is 10.1 Å². The molecular formula is C15H11ClN2O2. The van der Waals surface area contributed by atoms with Crippen LogP contribution in [0.3, 0.4) is 0 Å². The van der Waals surface area contributed by atoms with Crippen LogP contribution in [0.5, 0.6) is 5.75 Å². The van der Waals surface area contributed by atoms with Crippen molar-refractivity contribution < 1.29 is 9.63 Å². The average Bonchev–Trinajstić information content (AvgIpc) is 2.92. The molecule has 3 rings (SSSR count). The number of phenols is 1. The molecule has 0 bridgehead atoms. The van der Waals surface area contributed by atoms with Crippen LogP contribution in [-0.2, 0) is 0 Å². The van der Waals surface area contributed by atoms with Crippen LogP contribution in [0, 0.1) is 6.92 Å². The summed E-state index contributed by atoms with van der Waals surface area (Å²) < 4.78 is 5.23. The van der Waals surface area contributed by atoms with E-state index in [1.165, 1.54) is 0 Å². The number of benzene rings is 2. The number of aromatic nitrogens is 2. The number of phenolic OH excluding ortho intramolecular Hbond substituents is 1. The lowest BCUT2D eigenvalue weighted by Gasteiger charge is -1.99. The van der Waals surface area contributed by atoms with E-state index < -0.39 is 0 Å². The van der Waals surface area contributed by atoms with Gasteiger partial charge in [-0.15, -0.1) is 0 Å². The van der Waals surface area contributed by atoms with E-state index in [4.69, 9.17) is 16.1 Å². The molecule has 5 heteroatoms. The molecule has 0 radical (unpaired) electrons. The summed E-state index contributed by atoms with van der Waals surface area (Å²) in [4.78, 5) is 4.32. The molecule has 3 aromatic rings. The summed E-state index contributed by atoms with van der Waals surface area (Å²) in [7, 11) is 0. The van der Waals surface area contributed by atoms with Crippen molar-refractivity contribution in [2.75, 3.05) is 0 Å². The van der Waals surface area contributed by atoms with Gasteiger partial charge in [-0.2, -0.15) is 4.98 Å². The lowest BCUT2D eigenvalue weighted by molar-refractivity contribution is 0.431. The van der Waals surface area contributed by atoms with Gasteiger partial charge in [-0.1, -0.05) is 22.8 Å². The average molecular weight is 287 g/mol. The van der Waals surface area contributed by atoms with Gasteiger partial charge >= 0.3 is 0 Å². The first-order valence-corrected chi connectivity index (χ1v) is 6.41. The molecule has 0 saturated heterocycles. The molecule has 2 aromatic carbocycles. The fraction of sp³-hybridized carbons (Fsp3) is 0.0667. The zero-order valence-electron chi connectivity index (χ0n) is 10.7. The second-order valence-corrected chi connectivity index (χ2v) is 4.87. The molecular weight excluding hydrogens is 276 g/mol. The summed E-state index contributed by atoms with van der Waals surface area (Å²) in [6, 6.07) is 12.4. The zero-order valence-corrected chi connectivity index (χ0v) is 11.4. The monoisotopic (exact) mass is 286 g/mol. The Morgan fingerprint density at radius 3 is 2.45 bits per heavy atom. The number of halogens is 1. The van der Waals surface area contributed by atoms with Crippen molar-refractivity contribution in [3.63, 3.8) is 0 Å². The normalized spacial score (nSPS) is 10.7. The van der Waals surface area contributed by atoms with E-state index in [0.29, 0.717) is 22.3 Å². The Hall–Kier alpha value is -2.33. The second kappa shape index (κ2) is 4.98. The molecule has 0 aliphatic rings. The second-order valence-electron chi connectivity index (χ2n) is 4.43. The predicted octanol–water partition coefficient (Wildman–Crippen LogP) is 4.07. The van der Waals surface area contributed by atoms with Gasteiger partial charge in [-0.05, 0) is 48.9 Å². The van der Waals surface area contributed by atoms with Gasteiger partial charge in [-0.25, -0.2) is 0 Å². The molecule has 4 nitrogen and oxygen atoms in total. The van der Waals surface area contributed by atoms with E-state index in [2.05, 4.69) is 10.1 Å². The van der Waals surface area contributed by atoms with Crippen molar-refractivity contribution in [2.45, 2.75) is 6.92 Å². The van der Waals surface area contributed by atoms with E-state index in [1.54, 1.807) is 24.3 Å². The van der Waals surface area contributed by atoms with Crippen LogP contribution in [0.1, 0.15) is 5.56 Å². The molecule has 0 atom stereocenters. The highest BCUT2D eigenvalue weighted by atomic mass is 35.5. The summed E-state index contributed by atoms with van der Waals surface area (Å²) in [5.74, 6) is 1.05. The molecule has 0 aliphatic heterocycles. The highest BCUT2D eigenvalue weighted by Gasteiger charge is 2.11. The van der Waals surface area contributed by atoms with Crippen LogP contribution in [0.2, 0.25) is 5.02 Å². The minimum atomic E-state index is 0.203. The Labute approximate surface area is 120 Å². The lowest BCUT2D eigenvalue weighted by Crippen LogP contribution is -1.82. The fourth-order valence-corrected chi connectivity index (χ4v) is 1.93. The van der Waals surface area contributed by atoms with E-state index in [1.807, 2.05) is 25.1 Å². The highest BCUT2D eigenvalue weighted by Crippen LogP contribution is 2.27. The summed E-state index contributed by atoms with van der Waals surface area (Å²) >= 11 is 5.84. The van der Waals surface area contributed by atoms with Crippen LogP contribution in [0.25, 0.3) is 22.8 Å². The van der Waals surface area contributed by atoms with E-state index in [0.717, 1.165) is 11.1 Å². The van der Waals surface area contributed by atoms with Crippen LogP contribution < -0.4 is 0 Å². The third-order valence-electron chi connectivity index (χ3n) is 2.98. The first-order chi connectivity index (χ1) is 9.63. The minimum absolute atomic E-state index is 0.203. The largest absolute Gasteiger partial charge is 0.508 e. The van der Waals surface area contributed by atoms with Crippen LogP contribution >= 0.6 is 11.6 Å². The van der Waals surface area contributed by atoms with Crippen LogP contribution in [-0.4, -0.2) is 15.2 Å². The fourth-order valence-electron chi connectivity index (χ4n) is 1.80. The molecule has 0 saturated carbocycles. The third-order valence-corrected chi connectivity index (χ3v) is 3.24. The number of hydrogen-bond acceptors (Lipinski definition) is 4. The Kier molecular flexibility index (Phi) is 3.16. The third kappa shape index (κ3) is 2.38. The number of rotatable bonds is 2. The standard InChI is InChI=1S/C15H11ClN2O2/c1-9-2-3-11(8-13(9)19)15-17-14(18-20-15)10-4-6-12(16)7-5-10/h2-8,19H,1H3. The van der Waals surface area contributed by atoms with Gasteiger partial charge in [0.15, 0.2) is 0 Å². The molecule has 0 aliphatic carbocycles. The Bertz CT molecular complexity index is 751. The maximum absolute atomic E-state index is 9.71. The smallest absolute Gasteiger partial charge is 0.258 e. The quantitative estimate of drug-likeness (QED) is 0.771. The molecule has 1 N–H and O–H groups in total. The van der Waals surface area contributed by atoms with Crippen molar-refractivity contribution in [3.05, 3.63) is 53.1 Å². The Balaban J connectivity index is 1.97.